The van der Waals surface area contributed by atoms with Crippen LogP contribution in [0.1, 0.15) is 16.7 Å². The molecule has 10 heteroatoms. The second-order valence-corrected chi connectivity index (χ2v) is 7.78. The molecule has 0 unspecified atom stereocenters. The lowest BCUT2D eigenvalue weighted by molar-refractivity contribution is 0.144. The Morgan fingerprint density at radius 1 is 1.27 bits per heavy atom. The number of hydrogen-bond donors (Lipinski definition) is 1. The average molecular weight is 376 g/mol. The minimum atomic E-state index is -0.619. The summed E-state index contributed by atoms with van der Waals surface area (Å²) in [6.45, 7) is 3.71. The predicted octanol–water partition coefficient (Wildman–Crippen LogP) is -0.384. The first-order valence-corrected chi connectivity index (χ1v) is 9.18. The minimum Gasteiger partial charge on any atom is -0.390 e. The normalized spacial score (nSPS) is 21.1. The molecule has 0 aromatic carbocycles. The van der Waals surface area contributed by atoms with Gasteiger partial charge in [-0.3, -0.25) is 18.8 Å². The highest BCUT2D eigenvalue weighted by molar-refractivity contribution is 7.09. The van der Waals surface area contributed by atoms with Crippen molar-refractivity contribution < 1.29 is 5.11 Å². The van der Waals surface area contributed by atoms with Gasteiger partial charge in [0.15, 0.2) is 5.52 Å². The van der Waals surface area contributed by atoms with Gasteiger partial charge in [0.2, 0.25) is 0 Å². The van der Waals surface area contributed by atoms with Crippen LogP contribution in [0, 0.1) is 6.92 Å². The van der Waals surface area contributed by atoms with Gasteiger partial charge in [-0.15, -0.1) is 11.3 Å². The number of β-amino-alcohol motifs (C(OH)–C–C–N with tert-alkyl or cyclic N) is 1. The van der Waals surface area contributed by atoms with Crippen LogP contribution in [-0.4, -0.2) is 52.9 Å². The lowest BCUT2D eigenvalue weighted by Crippen LogP contribution is -2.38. The van der Waals surface area contributed by atoms with Crippen LogP contribution >= 0.6 is 11.3 Å². The Balaban J connectivity index is 1.70. The number of likely N-dealkylation sites (tertiary alicyclic amines) is 1. The molecule has 0 amide bonds. The monoisotopic (exact) mass is 376 g/mol. The second-order valence-electron chi connectivity index (χ2n) is 6.72. The molecule has 138 valence electrons. The Kier molecular flexibility index (Phi) is 4.05. The van der Waals surface area contributed by atoms with Crippen LogP contribution in [0.2, 0.25) is 0 Å². The third-order valence-corrected chi connectivity index (χ3v) is 5.73. The van der Waals surface area contributed by atoms with Gasteiger partial charge >= 0.3 is 5.69 Å². The maximum absolute atomic E-state index is 12.3. The van der Waals surface area contributed by atoms with Gasteiger partial charge in [0.25, 0.3) is 5.56 Å². The molecule has 0 radical (unpaired) electrons. The fourth-order valence-electron chi connectivity index (χ4n) is 3.60. The number of imidazole rings is 1. The van der Waals surface area contributed by atoms with E-state index in [9.17, 15) is 14.7 Å². The van der Waals surface area contributed by atoms with Crippen LogP contribution < -0.4 is 11.2 Å². The minimum absolute atomic E-state index is 0.232. The van der Waals surface area contributed by atoms with Crippen LogP contribution in [0.15, 0.2) is 21.3 Å². The van der Waals surface area contributed by atoms with E-state index in [2.05, 4.69) is 14.9 Å². The quantitative estimate of drug-likeness (QED) is 0.669. The summed E-state index contributed by atoms with van der Waals surface area (Å²) in [4.78, 5) is 35.4. The Bertz CT molecular complexity index is 1090. The van der Waals surface area contributed by atoms with Crippen molar-refractivity contribution in [3.63, 3.8) is 0 Å². The summed E-state index contributed by atoms with van der Waals surface area (Å²) < 4.78 is 4.19. The summed E-state index contributed by atoms with van der Waals surface area (Å²) in [5.41, 5.74) is 0.816. The van der Waals surface area contributed by atoms with Crippen LogP contribution in [0.4, 0.5) is 0 Å². The Morgan fingerprint density at radius 3 is 2.73 bits per heavy atom. The van der Waals surface area contributed by atoms with Crippen LogP contribution in [0.5, 0.6) is 0 Å². The third-order valence-electron chi connectivity index (χ3n) is 4.91. The van der Waals surface area contributed by atoms with Gasteiger partial charge in [0.1, 0.15) is 5.65 Å². The zero-order valence-corrected chi connectivity index (χ0v) is 15.6. The van der Waals surface area contributed by atoms with Gasteiger partial charge in [-0.25, -0.2) is 14.8 Å². The molecule has 4 heterocycles. The summed E-state index contributed by atoms with van der Waals surface area (Å²) in [6.07, 6.45) is 0.918. The standard InChI is InChI=1S/C16H20N6O3S/c1-9-18-10(7-26-9)4-21-5-11(12(23)6-21)22-8-17-13-14(22)19(2)16(25)20(3)15(13)24/h7-8,11-12,23H,4-6H2,1-3H3/t11-,12-/m1/s1. The molecule has 3 aromatic heterocycles. The first-order chi connectivity index (χ1) is 12.4. The highest BCUT2D eigenvalue weighted by Gasteiger charge is 2.34. The lowest BCUT2D eigenvalue weighted by Gasteiger charge is -2.18. The molecule has 9 nitrogen and oxygen atoms in total. The third kappa shape index (κ3) is 2.61. The van der Waals surface area contributed by atoms with E-state index in [-0.39, 0.29) is 11.6 Å². The molecule has 4 rings (SSSR count). The molecule has 0 bridgehead atoms. The largest absolute Gasteiger partial charge is 0.390 e. The van der Waals surface area contributed by atoms with Crippen molar-refractivity contribution in [1.82, 2.24) is 28.6 Å². The molecule has 0 saturated carbocycles. The SMILES string of the molecule is Cc1nc(CN2C[C@@H](O)[C@H](n3cnc4c(=O)n(C)c(=O)n(C)c43)C2)cs1. The van der Waals surface area contributed by atoms with Crippen molar-refractivity contribution in [2.24, 2.45) is 14.1 Å². The van der Waals surface area contributed by atoms with Gasteiger partial charge in [-0.05, 0) is 6.92 Å². The van der Waals surface area contributed by atoms with Gasteiger partial charge in [-0.1, -0.05) is 0 Å². The topological polar surface area (TPSA) is 98.2 Å². The molecular weight excluding hydrogens is 356 g/mol. The number of aliphatic hydroxyl groups excluding tert-OH is 1. The van der Waals surface area contributed by atoms with Crippen LogP contribution in [-0.2, 0) is 20.6 Å². The number of thiazole rings is 1. The summed E-state index contributed by atoms with van der Waals surface area (Å²) in [6, 6.07) is -0.280. The van der Waals surface area contributed by atoms with Crippen molar-refractivity contribution >= 4 is 22.5 Å². The smallest absolute Gasteiger partial charge is 0.332 e. The molecule has 1 aliphatic rings. The fourth-order valence-corrected chi connectivity index (χ4v) is 4.20. The van der Waals surface area contributed by atoms with E-state index in [0.29, 0.717) is 25.3 Å². The summed E-state index contributed by atoms with van der Waals surface area (Å²) in [5.74, 6) is 0. The number of aromatic nitrogens is 5. The van der Waals surface area contributed by atoms with E-state index < -0.39 is 17.4 Å². The zero-order valence-electron chi connectivity index (χ0n) is 14.8. The highest BCUT2D eigenvalue weighted by Crippen LogP contribution is 2.26. The predicted molar refractivity (Wildman–Crippen MR) is 97.4 cm³/mol. The Labute approximate surface area is 152 Å². The van der Waals surface area contributed by atoms with E-state index >= 15 is 0 Å². The average Bonchev–Trinajstić information content (AvgIpc) is 3.30. The molecule has 1 fully saturated rings. The number of nitrogens with zero attached hydrogens (tertiary/aromatic N) is 6. The zero-order chi connectivity index (χ0) is 18.6. The molecule has 1 N–H and O–H groups in total. The number of hydrogen-bond acceptors (Lipinski definition) is 7. The number of aliphatic hydroxyl groups is 1. The van der Waals surface area contributed by atoms with Gasteiger partial charge in [0.05, 0.1) is 29.2 Å². The van der Waals surface area contributed by atoms with E-state index in [0.717, 1.165) is 15.3 Å². The van der Waals surface area contributed by atoms with Crippen LogP contribution in [0.25, 0.3) is 11.2 Å². The van der Waals surface area contributed by atoms with Crippen molar-refractivity contribution in [3.05, 3.63) is 43.2 Å². The van der Waals surface area contributed by atoms with Crippen molar-refractivity contribution in [1.29, 1.82) is 0 Å². The van der Waals surface area contributed by atoms with Crippen molar-refractivity contribution in [3.8, 4) is 0 Å². The van der Waals surface area contributed by atoms with E-state index in [1.807, 2.05) is 12.3 Å². The summed E-state index contributed by atoms with van der Waals surface area (Å²) in [5, 5.41) is 13.6. The first kappa shape index (κ1) is 17.1. The van der Waals surface area contributed by atoms with E-state index in [1.54, 1.807) is 23.0 Å². The maximum Gasteiger partial charge on any atom is 0.332 e. The lowest BCUT2D eigenvalue weighted by atomic mass is 10.2. The van der Waals surface area contributed by atoms with E-state index in [1.165, 1.54) is 17.9 Å². The van der Waals surface area contributed by atoms with Crippen LogP contribution in [0.3, 0.4) is 0 Å². The highest BCUT2D eigenvalue weighted by atomic mass is 32.1. The number of fused-ring (bicyclic) bond motifs is 1. The fraction of sp³-hybridized carbons (Fsp3) is 0.500. The molecule has 1 aliphatic heterocycles. The van der Waals surface area contributed by atoms with Gasteiger partial charge in [-0.2, -0.15) is 0 Å². The van der Waals surface area contributed by atoms with Crippen molar-refractivity contribution in [2.45, 2.75) is 25.6 Å². The molecule has 1 saturated heterocycles. The van der Waals surface area contributed by atoms with Gasteiger partial charge < -0.3 is 9.67 Å². The molecule has 0 spiro atoms. The summed E-state index contributed by atoms with van der Waals surface area (Å²) in [7, 11) is 3.05. The molecule has 26 heavy (non-hydrogen) atoms. The van der Waals surface area contributed by atoms with Gasteiger partial charge in [0, 0.05) is 39.1 Å². The molecule has 3 aromatic rings. The first-order valence-electron chi connectivity index (χ1n) is 8.30. The number of aryl methyl sites for hydroxylation is 2. The summed E-state index contributed by atoms with van der Waals surface area (Å²) >= 11 is 1.60. The van der Waals surface area contributed by atoms with Crippen molar-refractivity contribution in [2.75, 3.05) is 13.1 Å². The Hall–Kier alpha value is -2.30. The Morgan fingerprint density at radius 2 is 2.04 bits per heavy atom. The van der Waals surface area contributed by atoms with E-state index in [4.69, 9.17) is 0 Å². The molecule has 2 atom stereocenters. The molecular formula is C16H20N6O3S. The maximum atomic E-state index is 12.3. The second kappa shape index (κ2) is 6.15. The molecule has 0 aliphatic carbocycles. The number of rotatable bonds is 3.